The van der Waals surface area contributed by atoms with Gasteiger partial charge in [0.05, 0.1) is 43.7 Å². The molecule has 396 valence electrons. The number of hydrogen-bond donors (Lipinski definition) is 3. The number of ether oxygens (including phenoxy) is 6. The molecule has 1 amide bonds. The van der Waals surface area contributed by atoms with E-state index in [2.05, 4.69) is 0 Å². The van der Waals surface area contributed by atoms with Crippen LogP contribution in [0.5, 0.6) is 0 Å². The van der Waals surface area contributed by atoms with E-state index in [0.717, 1.165) is 12.0 Å². The summed E-state index contributed by atoms with van der Waals surface area (Å²) in [6, 6.07) is -1.15. The van der Waals surface area contributed by atoms with Crippen molar-refractivity contribution in [3.63, 3.8) is 0 Å². The van der Waals surface area contributed by atoms with Gasteiger partial charge in [-0.3, -0.25) is 19.2 Å². The number of rotatable bonds is 10. The van der Waals surface area contributed by atoms with E-state index in [9.17, 15) is 39.3 Å². The second kappa shape index (κ2) is 28.2. The Hall–Kier alpha value is -3.41. The van der Waals surface area contributed by atoms with E-state index in [-0.39, 0.29) is 80.2 Å². The lowest BCUT2D eigenvalue weighted by Gasteiger charge is -2.43. The van der Waals surface area contributed by atoms with Crippen molar-refractivity contribution in [2.24, 2.45) is 35.5 Å². The normalized spacial score (nSPS) is 38.5. The summed E-state index contributed by atoms with van der Waals surface area (Å²) in [4.78, 5) is 72.5. The fourth-order valence-corrected chi connectivity index (χ4v) is 10.7. The van der Waals surface area contributed by atoms with Gasteiger partial charge in [0.1, 0.15) is 30.1 Å². The third kappa shape index (κ3) is 16.3. The van der Waals surface area contributed by atoms with Crippen LogP contribution in [0.15, 0.2) is 47.6 Å². The Morgan fingerprint density at radius 3 is 2.26 bits per heavy atom. The van der Waals surface area contributed by atoms with Crippen molar-refractivity contribution >= 4 is 29.2 Å². The maximum absolute atomic E-state index is 14.5. The smallest absolute Gasteiger partial charge is 0.329 e. The van der Waals surface area contributed by atoms with Crippen LogP contribution < -0.4 is 0 Å². The first-order valence-electron chi connectivity index (χ1n) is 26.0. The van der Waals surface area contributed by atoms with Gasteiger partial charge >= 0.3 is 5.97 Å². The number of carbonyl (C=O) groups is 5. The number of hydrogen-bond acceptors (Lipinski definition) is 14. The molecular formula is C55H87NO14. The van der Waals surface area contributed by atoms with Crippen molar-refractivity contribution in [1.29, 1.82) is 0 Å². The van der Waals surface area contributed by atoms with Crippen LogP contribution in [-0.4, -0.2) is 144 Å². The van der Waals surface area contributed by atoms with Crippen LogP contribution in [0.25, 0.3) is 0 Å². The lowest BCUT2D eigenvalue weighted by Crippen LogP contribution is -2.61. The number of nitrogens with zero attached hydrogens (tertiary/aromatic N) is 1. The van der Waals surface area contributed by atoms with Gasteiger partial charge in [0.25, 0.3) is 11.7 Å². The number of methoxy groups -OCH3 is 2. The van der Waals surface area contributed by atoms with E-state index in [1.807, 2.05) is 71.9 Å². The molecule has 0 aromatic carbocycles. The molecule has 3 fully saturated rings. The predicted octanol–water partition coefficient (Wildman–Crippen LogP) is 6.98. The highest BCUT2D eigenvalue weighted by atomic mass is 16.6. The Labute approximate surface area is 417 Å². The van der Waals surface area contributed by atoms with Crippen LogP contribution in [0.1, 0.15) is 139 Å². The van der Waals surface area contributed by atoms with Crippen LogP contribution in [0.3, 0.4) is 0 Å². The molecule has 0 aromatic heterocycles. The van der Waals surface area contributed by atoms with Crippen molar-refractivity contribution in [2.75, 3.05) is 34.0 Å². The second-order valence-corrected chi connectivity index (χ2v) is 21.1. The number of piperidine rings is 1. The van der Waals surface area contributed by atoms with Gasteiger partial charge in [0.2, 0.25) is 5.79 Å². The Bertz CT molecular complexity index is 1860. The van der Waals surface area contributed by atoms with Gasteiger partial charge < -0.3 is 48.6 Å². The minimum absolute atomic E-state index is 0.0114. The number of cyclic esters (lactones) is 1. The molecule has 1 saturated carbocycles. The molecule has 4 aliphatic rings. The second-order valence-electron chi connectivity index (χ2n) is 21.1. The zero-order valence-electron chi connectivity index (χ0n) is 44.0. The number of allylic oxidation sites excluding steroid dienone is 6. The summed E-state index contributed by atoms with van der Waals surface area (Å²) in [6.45, 7) is 16.8. The first-order chi connectivity index (χ1) is 33.1. The van der Waals surface area contributed by atoms with Gasteiger partial charge in [0.15, 0.2) is 5.78 Å². The molecule has 15 heteroatoms. The van der Waals surface area contributed by atoms with Gasteiger partial charge in [-0.05, 0) is 121 Å². The monoisotopic (exact) mass is 986 g/mol. The lowest BCUT2D eigenvalue weighted by molar-refractivity contribution is -0.266. The summed E-state index contributed by atoms with van der Waals surface area (Å²) in [6.07, 6.45) is 11.9. The summed E-state index contributed by atoms with van der Waals surface area (Å²) in [7, 11) is 3.01. The topological polar surface area (TPSA) is 205 Å². The highest BCUT2D eigenvalue weighted by molar-refractivity contribution is 6.39. The van der Waals surface area contributed by atoms with Gasteiger partial charge in [-0.2, -0.15) is 0 Å². The quantitative estimate of drug-likeness (QED) is 0.115. The molecule has 3 N–H and O–H groups in total. The molecule has 0 radical (unpaired) electrons. The van der Waals surface area contributed by atoms with E-state index >= 15 is 0 Å². The van der Waals surface area contributed by atoms with Crippen molar-refractivity contribution in [1.82, 2.24) is 4.90 Å². The maximum Gasteiger partial charge on any atom is 0.329 e. The molecule has 2 bridgehead atoms. The highest BCUT2D eigenvalue weighted by Crippen LogP contribution is 2.38. The van der Waals surface area contributed by atoms with Gasteiger partial charge in [0, 0.05) is 51.4 Å². The zero-order valence-corrected chi connectivity index (χ0v) is 44.0. The standard InChI is InChI=1S/C55H87NO14/c1-33(2)68-46-31-42-22-20-40(9)55(64,70-42)52(61)53(62)56-24-16-15-19-43(56)54(63)69-47(37(6)29-41-21-23-45(67-26-25-57)48(30-41)65-10)32-44(58)36(5)28-39(8)50(60)51(66-11)49(59)38(7)27-34(3)17-13-12-14-18-35(46)4/h12-14,17-18,28,33-34,36-38,40-43,45-48,50-51,57,60,64H,15-16,19-27,29-32H2,1-11H3/b14-12+,17-13+,35-18+,39-28+/t34-,36-,37-,38-,40-,41?,42+,43+,45-,46?,47?,48-,50-,51+,55-/m1/s1. The van der Waals surface area contributed by atoms with E-state index in [1.54, 1.807) is 34.0 Å². The number of esters is 1. The van der Waals surface area contributed by atoms with Gasteiger partial charge in [-0.1, -0.05) is 71.1 Å². The third-order valence-corrected chi connectivity index (χ3v) is 15.0. The summed E-state index contributed by atoms with van der Waals surface area (Å²) in [5, 5.41) is 32.9. The SMILES string of the molecule is CO[C@@H]1CC(C[C@@H](C)C2CC(=O)[C@H](C)/C=C(\C)[C@@H](O)[C@@H](OC)C(=O)[C@H](C)C[C@H](C)/C=C/C=C/C=C(\C)C(OC(C)C)C[C@@H]3CC[C@@H](C)[C@@](O)(O3)C(=O)C(=O)N3CCCC[C@H]3C(=O)O2)CC[C@H]1OCCO. The van der Waals surface area contributed by atoms with Gasteiger partial charge in [-0.15, -0.1) is 0 Å². The first kappa shape index (κ1) is 59.2. The molecule has 15 atom stereocenters. The van der Waals surface area contributed by atoms with Crippen molar-refractivity contribution < 1.29 is 67.7 Å². The Morgan fingerprint density at radius 2 is 1.59 bits per heavy atom. The zero-order chi connectivity index (χ0) is 51.9. The Kier molecular flexibility index (Phi) is 23.8. The molecule has 70 heavy (non-hydrogen) atoms. The fraction of sp³-hybridized carbons (Fsp3) is 0.764. The molecule has 3 heterocycles. The number of carbonyl (C=O) groups excluding carboxylic acids is 5. The average molecular weight is 986 g/mol. The fourth-order valence-electron chi connectivity index (χ4n) is 10.7. The molecule has 3 unspecified atom stereocenters. The van der Waals surface area contributed by atoms with Gasteiger partial charge in [-0.25, -0.2) is 4.79 Å². The van der Waals surface area contributed by atoms with E-state index in [4.69, 9.17) is 28.4 Å². The first-order valence-corrected chi connectivity index (χ1v) is 26.0. The maximum atomic E-state index is 14.5. The predicted molar refractivity (Wildman–Crippen MR) is 265 cm³/mol. The molecule has 4 rings (SSSR count). The summed E-state index contributed by atoms with van der Waals surface area (Å²) in [5.41, 5.74) is 1.28. The van der Waals surface area contributed by atoms with Crippen molar-refractivity contribution in [2.45, 2.75) is 200 Å². The Balaban J connectivity index is 1.71. The van der Waals surface area contributed by atoms with Crippen LogP contribution in [0.2, 0.25) is 0 Å². The highest BCUT2D eigenvalue weighted by Gasteiger charge is 2.53. The number of Topliss-reactive ketones (excluding diaryl/α,β-unsaturated/α-hetero) is 3. The lowest BCUT2D eigenvalue weighted by atomic mass is 9.78. The number of aliphatic hydroxyl groups excluding tert-OH is 2. The number of aliphatic hydroxyl groups is 3. The van der Waals surface area contributed by atoms with Crippen molar-refractivity contribution in [3.8, 4) is 0 Å². The largest absolute Gasteiger partial charge is 0.460 e. The Morgan fingerprint density at radius 1 is 0.857 bits per heavy atom. The number of fused-ring (bicyclic) bond motifs is 3. The molecule has 15 nitrogen and oxygen atoms in total. The molecule has 3 aliphatic heterocycles. The van der Waals surface area contributed by atoms with Crippen molar-refractivity contribution in [3.05, 3.63) is 47.6 Å². The van der Waals surface area contributed by atoms with E-state index < -0.39 is 77.8 Å². The third-order valence-electron chi connectivity index (χ3n) is 15.0. The number of ketones is 3. The molecule has 0 aromatic rings. The van der Waals surface area contributed by atoms with E-state index in [0.29, 0.717) is 63.4 Å². The summed E-state index contributed by atoms with van der Waals surface area (Å²) >= 11 is 0. The van der Waals surface area contributed by atoms with Crippen LogP contribution in [-0.2, 0) is 52.4 Å². The summed E-state index contributed by atoms with van der Waals surface area (Å²) in [5.74, 6) is -7.99. The summed E-state index contributed by atoms with van der Waals surface area (Å²) < 4.78 is 36.2. The van der Waals surface area contributed by atoms with Crippen LogP contribution in [0, 0.1) is 35.5 Å². The molecular weight excluding hydrogens is 899 g/mol. The number of amides is 1. The minimum Gasteiger partial charge on any atom is -0.460 e. The molecule has 2 saturated heterocycles. The van der Waals surface area contributed by atoms with Crippen LogP contribution in [0.4, 0.5) is 0 Å². The average Bonchev–Trinajstić information content (AvgIpc) is 3.32. The molecule has 0 spiro atoms. The minimum atomic E-state index is -2.44. The van der Waals surface area contributed by atoms with E-state index in [1.165, 1.54) is 12.0 Å². The molecule has 1 aliphatic carbocycles. The van der Waals surface area contributed by atoms with Crippen LogP contribution >= 0.6 is 0 Å².